The Morgan fingerprint density at radius 1 is 0.515 bits per heavy atom. The Labute approximate surface area is 210 Å². The first kappa shape index (κ1) is 23.3. The quantitative estimate of drug-likeness (QED) is 0.170. The molecule has 0 saturated heterocycles. The SMILES string of the molecule is CC(C)CCCCc1cc2cc3c(cc2s1)sc1cc2sc(CCCCC(C)C)cc2cc13. The van der Waals surface area contributed by atoms with Gasteiger partial charge < -0.3 is 0 Å². The standard InChI is InChI=1S/C30H36S3/c1-19(2)9-5-7-11-23-13-21-15-25-26-16-22-14-24(12-8-6-10-20(3)4)32-28(22)18-30(26)33-29(25)17-27(21)31-23/h13-20H,5-12H2,1-4H3. The summed E-state index contributed by atoms with van der Waals surface area (Å²) in [5.41, 5.74) is 0. The molecule has 0 spiro atoms. The molecular weight excluding hydrogens is 457 g/mol. The molecule has 3 heteroatoms. The van der Waals surface area contributed by atoms with E-state index in [0.29, 0.717) is 0 Å². The van der Waals surface area contributed by atoms with Gasteiger partial charge in [-0.25, -0.2) is 0 Å². The Bertz CT molecular complexity index is 1270. The summed E-state index contributed by atoms with van der Waals surface area (Å²) in [7, 11) is 0. The Kier molecular flexibility index (Phi) is 7.11. The van der Waals surface area contributed by atoms with Crippen LogP contribution in [0.25, 0.3) is 40.3 Å². The van der Waals surface area contributed by atoms with Crippen LogP contribution in [0.4, 0.5) is 0 Å². The fourth-order valence-electron chi connectivity index (χ4n) is 4.90. The molecule has 0 nitrogen and oxygen atoms in total. The van der Waals surface area contributed by atoms with E-state index in [9.17, 15) is 0 Å². The van der Waals surface area contributed by atoms with Crippen LogP contribution in [0.15, 0.2) is 36.4 Å². The largest absolute Gasteiger partial charge is 0.140 e. The van der Waals surface area contributed by atoms with E-state index >= 15 is 0 Å². The van der Waals surface area contributed by atoms with Gasteiger partial charge in [0.05, 0.1) is 0 Å². The minimum atomic E-state index is 0.822. The van der Waals surface area contributed by atoms with Crippen molar-refractivity contribution in [2.75, 3.05) is 0 Å². The predicted octanol–water partition coefficient (Wildman–Crippen LogP) is 11.2. The second-order valence-corrected chi connectivity index (χ2v) is 14.0. The number of rotatable bonds is 10. The molecule has 0 fully saturated rings. The number of unbranched alkanes of at least 4 members (excludes halogenated alkanes) is 2. The van der Waals surface area contributed by atoms with E-state index in [4.69, 9.17) is 0 Å². The average molecular weight is 493 g/mol. The maximum atomic E-state index is 2.46. The van der Waals surface area contributed by atoms with Gasteiger partial charge in [0.15, 0.2) is 0 Å². The lowest BCUT2D eigenvalue weighted by molar-refractivity contribution is 0.539. The molecule has 0 aliphatic rings. The molecule has 5 aromatic rings. The van der Waals surface area contributed by atoms with Crippen molar-refractivity contribution < 1.29 is 0 Å². The van der Waals surface area contributed by atoms with E-state index < -0.39 is 0 Å². The molecule has 0 radical (unpaired) electrons. The average Bonchev–Trinajstić information content (AvgIpc) is 3.44. The van der Waals surface area contributed by atoms with Crippen molar-refractivity contribution in [3.05, 3.63) is 46.2 Å². The van der Waals surface area contributed by atoms with Crippen molar-refractivity contribution in [2.45, 2.75) is 79.1 Å². The maximum Gasteiger partial charge on any atom is 0.0369 e. The predicted molar refractivity (Wildman–Crippen MR) is 155 cm³/mol. The minimum Gasteiger partial charge on any atom is -0.140 e. The Morgan fingerprint density at radius 3 is 1.39 bits per heavy atom. The first-order valence-corrected chi connectivity index (χ1v) is 15.2. The van der Waals surface area contributed by atoms with E-state index in [2.05, 4.69) is 64.1 Å². The van der Waals surface area contributed by atoms with Gasteiger partial charge in [-0.15, -0.1) is 34.0 Å². The molecule has 3 aromatic heterocycles. The van der Waals surface area contributed by atoms with Crippen LogP contribution >= 0.6 is 34.0 Å². The lowest BCUT2D eigenvalue weighted by Gasteiger charge is -2.02. The molecule has 0 N–H and O–H groups in total. The van der Waals surface area contributed by atoms with Gasteiger partial charge in [0, 0.05) is 39.3 Å². The molecular formula is C30H36S3. The molecule has 0 unspecified atom stereocenters. The zero-order chi connectivity index (χ0) is 22.9. The summed E-state index contributed by atoms with van der Waals surface area (Å²) >= 11 is 5.99. The van der Waals surface area contributed by atoms with Crippen molar-refractivity contribution in [2.24, 2.45) is 11.8 Å². The maximum absolute atomic E-state index is 2.46. The monoisotopic (exact) mass is 492 g/mol. The summed E-state index contributed by atoms with van der Waals surface area (Å²) in [6.45, 7) is 9.31. The Hall–Kier alpha value is -1.42. The van der Waals surface area contributed by atoms with Crippen LogP contribution in [-0.4, -0.2) is 0 Å². The molecule has 5 rings (SSSR count). The van der Waals surface area contributed by atoms with Crippen LogP contribution in [0.5, 0.6) is 0 Å². The topological polar surface area (TPSA) is 0 Å². The van der Waals surface area contributed by atoms with Crippen molar-refractivity contribution in [3.63, 3.8) is 0 Å². The highest BCUT2D eigenvalue weighted by Crippen LogP contribution is 2.42. The Balaban J connectivity index is 1.39. The van der Waals surface area contributed by atoms with Gasteiger partial charge in [-0.2, -0.15) is 0 Å². The molecule has 0 saturated carbocycles. The number of aryl methyl sites for hydroxylation is 2. The smallest absolute Gasteiger partial charge is 0.0369 e. The summed E-state index contributed by atoms with van der Waals surface area (Å²) in [6.07, 6.45) is 10.5. The molecule has 33 heavy (non-hydrogen) atoms. The van der Waals surface area contributed by atoms with Crippen LogP contribution < -0.4 is 0 Å². The number of thiophene rings is 3. The summed E-state index contributed by atoms with van der Waals surface area (Å²) in [5, 5.41) is 5.75. The normalized spacial score (nSPS) is 12.5. The van der Waals surface area contributed by atoms with Gasteiger partial charge >= 0.3 is 0 Å². The van der Waals surface area contributed by atoms with Crippen molar-refractivity contribution >= 4 is 74.4 Å². The first-order valence-electron chi connectivity index (χ1n) is 12.8. The van der Waals surface area contributed by atoms with Crippen LogP contribution in [-0.2, 0) is 12.8 Å². The van der Waals surface area contributed by atoms with E-state index in [-0.39, 0.29) is 0 Å². The molecule has 0 aliphatic heterocycles. The number of benzene rings is 2. The van der Waals surface area contributed by atoms with Crippen LogP contribution in [0.3, 0.4) is 0 Å². The van der Waals surface area contributed by atoms with Gasteiger partial charge in [-0.3, -0.25) is 0 Å². The zero-order valence-electron chi connectivity index (χ0n) is 20.5. The fourth-order valence-corrected chi connectivity index (χ4v) is 8.46. The second-order valence-electron chi connectivity index (χ2n) is 10.6. The van der Waals surface area contributed by atoms with Gasteiger partial charge in [-0.05, 0) is 84.7 Å². The van der Waals surface area contributed by atoms with Gasteiger partial charge in [0.2, 0.25) is 0 Å². The van der Waals surface area contributed by atoms with Crippen molar-refractivity contribution in [1.29, 1.82) is 0 Å². The molecule has 0 atom stereocenters. The van der Waals surface area contributed by atoms with Gasteiger partial charge in [0.25, 0.3) is 0 Å². The summed E-state index contributed by atoms with van der Waals surface area (Å²) in [5.74, 6) is 1.64. The van der Waals surface area contributed by atoms with Crippen LogP contribution in [0, 0.1) is 11.8 Å². The highest BCUT2D eigenvalue weighted by molar-refractivity contribution is 7.27. The summed E-state index contributed by atoms with van der Waals surface area (Å²) < 4.78 is 5.80. The molecule has 3 heterocycles. The number of hydrogen-bond donors (Lipinski definition) is 0. The van der Waals surface area contributed by atoms with Crippen LogP contribution in [0.1, 0.15) is 76.0 Å². The molecule has 0 bridgehead atoms. The molecule has 174 valence electrons. The third kappa shape index (κ3) is 5.31. The minimum absolute atomic E-state index is 0.822. The lowest BCUT2D eigenvalue weighted by atomic mass is 10.0. The van der Waals surface area contributed by atoms with Crippen molar-refractivity contribution in [3.8, 4) is 0 Å². The third-order valence-electron chi connectivity index (χ3n) is 6.76. The number of fused-ring (bicyclic) bond motifs is 5. The van der Waals surface area contributed by atoms with Gasteiger partial charge in [0.1, 0.15) is 0 Å². The lowest BCUT2D eigenvalue weighted by Crippen LogP contribution is -1.88. The van der Waals surface area contributed by atoms with Crippen molar-refractivity contribution in [1.82, 2.24) is 0 Å². The zero-order valence-corrected chi connectivity index (χ0v) is 22.9. The van der Waals surface area contributed by atoms with E-state index in [1.54, 1.807) is 9.75 Å². The third-order valence-corrected chi connectivity index (χ3v) is 10.2. The van der Waals surface area contributed by atoms with Crippen LogP contribution in [0.2, 0.25) is 0 Å². The molecule has 2 aromatic carbocycles. The summed E-state index contributed by atoms with van der Waals surface area (Å²) in [4.78, 5) is 3.11. The van der Waals surface area contributed by atoms with E-state index in [1.165, 1.54) is 91.7 Å². The molecule has 0 amide bonds. The highest BCUT2D eigenvalue weighted by Gasteiger charge is 2.12. The number of hydrogen-bond acceptors (Lipinski definition) is 3. The fraction of sp³-hybridized carbons (Fsp3) is 0.467. The van der Waals surface area contributed by atoms with Gasteiger partial charge in [-0.1, -0.05) is 53.4 Å². The first-order chi connectivity index (χ1) is 16.0. The summed E-state index contributed by atoms with van der Waals surface area (Å²) in [6, 6.07) is 14.7. The van der Waals surface area contributed by atoms with E-state index in [0.717, 1.165) is 11.8 Å². The highest BCUT2D eigenvalue weighted by atomic mass is 32.1. The van der Waals surface area contributed by atoms with E-state index in [1.807, 2.05) is 34.0 Å². The molecule has 0 aliphatic carbocycles. The Morgan fingerprint density at radius 2 is 0.970 bits per heavy atom. The second kappa shape index (κ2) is 10.1.